The predicted molar refractivity (Wildman–Crippen MR) is 115 cm³/mol. The van der Waals surface area contributed by atoms with E-state index in [1.807, 2.05) is 6.08 Å². The van der Waals surface area contributed by atoms with Crippen LogP contribution in [0.5, 0.6) is 0 Å². The molecular formula is C24H21FN4O4. The minimum atomic E-state index is -0.976. The fourth-order valence-corrected chi connectivity index (χ4v) is 4.57. The average Bonchev–Trinajstić information content (AvgIpc) is 3.05. The highest BCUT2D eigenvalue weighted by Gasteiger charge is 2.44. The SMILES string of the molecule is O=C1CCC(N2C(=O)c3ccc(CN4CC=C(c5ncccc5F)CC4)cc3C2=O)C(=O)N1. The van der Waals surface area contributed by atoms with Crippen LogP contribution in [0.15, 0.2) is 42.6 Å². The fourth-order valence-electron chi connectivity index (χ4n) is 4.57. The molecule has 0 aliphatic carbocycles. The molecule has 2 aromatic rings. The van der Waals surface area contributed by atoms with Crippen LogP contribution in [0.3, 0.4) is 0 Å². The summed E-state index contributed by atoms with van der Waals surface area (Å²) in [5.74, 6) is -2.39. The number of rotatable bonds is 4. The summed E-state index contributed by atoms with van der Waals surface area (Å²) >= 11 is 0. The van der Waals surface area contributed by atoms with Crippen LogP contribution in [0.4, 0.5) is 4.39 Å². The second-order valence-electron chi connectivity index (χ2n) is 8.38. The molecule has 168 valence electrons. The number of benzene rings is 1. The second kappa shape index (κ2) is 8.32. The molecule has 1 saturated heterocycles. The highest BCUT2D eigenvalue weighted by molar-refractivity contribution is 6.23. The molecule has 0 radical (unpaired) electrons. The van der Waals surface area contributed by atoms with Gasteiger partial charge in [-0.25, -0.2) is 4.39 Å². The largest absolute Gasteiger partial charge is 0.295 e. The van der Waals surface area contributed by atoms with Crippen molar-refractivity contribution in [2.75, 3.05) is 13.1 Å². The van der Waals surface area contributed by atoms with Gasteiger partial charge in [0.1, 0.15) is 17.6 Å². The van der Waals surface area contributed by atoms with E-state index in [-0.39, 0.29) is 29.8 Å². The van der Waals surface area contributed by atoms with E-state index in [0.717, 1.165) is 16.0 Å². The van der Waals surface area contributed by atoms with Gasteiger partial charge in [0.05, 0.1) is 11.1 Å². The summed E-state index contributed by atoms with van der Waals surface area (Å²) in [6, 6.07) is 7.10. The number of carbonyl (C=O) groups is 4. The highest BCUT2D eigenvalue weighted by Crippen LogP contribution is 2.29. The van der Waals surface area contributed by atoms with E-state index in [1.54, 1.807) is 30.5 Å². The lowest BCUT2D eigenvalue weighted by Crippen LogP contribution is -2.54. The summed E-state index contributed by atoms with van der Waals surface area (Å²) in [5, 5.41) is 2.19. The number of aromatic nitrogens is 1. The molecule has 4 amide bonds. The van der Waals surface area contributed by atoms with Crippen LogP contribution >= 0.6 is 0 Å². The average molecular weight is 448 g/mol. The third kappa shape index (κ3) is 3.84. The molecule has 33 heavy (non-hydrogen) atoms. The zero-order valence-electron chi connectivity index (χ0n) is 17.7. The van der Waals surface area contributed by atoms with Gasteiger partial charge in [0, 0.05) is 32.3 Å². The molecular weight excluding hydrogens is 427 g/mol. The Hall–Kier alpha value is -3.72. The van der Waals surface area contributed by atoms with Gasteiger partial charge in [-0.05, 0) is 48.2 Å². The van der Waals surface area contributed by atoms with Gasteiger partial charge in [-0.1, -0.05) is 12.1 Å². The van der Waals surface area contributed by atoms with Gasteiger partial charge in [0.25, 0.3) is 11.8 Å². The Morgan fingerprint density at radius 2 is 1.88 bits per heavy atom. The third-order valence-electron chi connectivity index (χ3n) is 6.27. The Bertz CT molecular complexity index is 1220. The van der Waals surface area contributed by atoms with E-state index in [9.17, 15) is 23.6 Å². The summed E-state index contributed by atoms with van der Waals surface area (Å²) in [7, 11) is 0. The van der Waals surface area contributed by atoms with E-state index in [2.05, 4.69) is 15.2 Å². The Morgan fingerprint density at radius 1 is 1.06 bits per heavy atom. The lowest BCUT2D eigenvalue weighted by Gasteiger charge is -2.27. The Balaban J connectivity index is 1.30. The topological polar surface area (TPSA) is 99.7 Å². The van der Waals surface area contributed by atoms with E-state index in [4.69, 9.17) is 0 Å². The monoisotopic (exact) mass is 448 g/mol. The molecule has 1 N–H and O–H groups in total. The number of nitrogens with one attached hydrogen (secondary N) is 1. The molecule has 1 fully saturated rings. The Morgan fingerprint density at radius 3 is 2.61 bits per heavy atom. The molecule has 4 heterocycles. The zero-order valence-corrected chi connectivity index (χ0v) is 17.7. The number of imide groups is 2. The number of amides is 4. The number of halogens is 1. The van der Waals surface area contributed by atoms with E-state index < -0.39 is 29.7 Å². The number of nitrogens with zero attached hydrogens (tertiary/aromatic N) is 3. The molecule has 0 bridgehead atoms. The standard InChI is InChI=1S/C24H21FN4O4/c25-18-2-1-9-26-21(18)15-7-10-28(11-8-15)13-14-3-4-16-17(12-14)24(33)29(23(16)32)19-5-6-20(30)27-22(19)31/h1-4,7,9,12,19H,5-6,8,10-11,13H2,(H,27,30,31). The van der Waals surface area contributed by atoms with Crippen LogP contribution in [0, 0.1) is 5.82 Å². The summed E-state index contributed by atoms with van der Waals surface area (Å²) in [4.78, 5) is 56.7. The van der Waals surface area contributed by atoms with Crippen molar-refractivity contribution >= 4 is 29.2 Å². The van der Waals surface area contributed by atoms with Crippen molar-refractivity contribution in [3.63, 3.8) is 0 Å². The lowest BCUT2D eigenvalue weighted by atomic mass is 10.0. The minimum absolute atomic E-state index is 0.0852. The van der Waals surface area contributed by atoms with Gasteiger partial charge >= 0.3 is 0 Å². The summed E-state index contributed by atoms with van der Waals surface area (Å²) in [6.07, 6.45) is 4.40. The molecule has 1 unspecified atom stereocenters. The molecule has 3 aliphatic rings. The molecule has 1 atom stereocenters. The minimum Gasteiger partial charge on any atom is -0.295 e. The quantitative estimate of drug-likeness (QED) is 0.718. The smallest absolute Gasteiger partial charge is 0.262 e. The molecule has 9 heteroatoms. The van der Waals surface area contributed by atoms with Crippen molar-refractivity contribution < 1.29 is 23.6 Å². The normalized spacial score (nSPS) is 21.2. The molecule has 0 spiro atoms. The second-order valence-corrected chi connectivity index (χ2v) is 8.38. The number of pyridine rings is 1. The highest BCUT2D eigenvalue weighted by atomic mass is 19.1. The number of hydrogen-bond donors (Lipinski definition) is 1. The maximum Gasteiger partial charge on any atom is 0.262 e. The summed E-state index contributed by atoms with van der Waals surface area (Å²) in [6.45, 7) is 1.87. The molecule has 1 aromatic heterocycles. The van der Waals surface area contributed by atoms with Gasteiger partial charge in [-0.15, -0.1) is 0 Å². The molecule has 0 saturated carbocycles. The van der Waals surface area contributed by atoms with Crippen molar-refractivity contribution in [2.24, 2.45) is 0 Å². The van der Waals surface area contributed by atoms with Crippen LogP contribution in [0.1, 0.15) is 51.2 Å². The molecule has 8 nitrogen and oxygen atoms in total. The first kappa shape index (κ1) is 21.1. The number of hydrogen-bond acceptors (Lipinski definition) is 6. The first-order valence-electron chi connectivity index (χ1n) is 10.8. The van der Waals surface area contributed by atoms with Crippen LogP contribution in [-0.2, 0) is 16.1 Å². The molecule has 3 aliphatic heterocycles. The Kier molecular flexibility index (Phi) is 5.33. The van der Waals surface area contributed by atoms with Crippen LogP contribution in [0.25, 0.3) is 5.57 Å². The van der Waals surface area contributed by atoms with Crippen LogP contribution < -0.4 is 5.32 Å². The van der Waals surface area contributed by atoms with E-state index >= 15 is 0 Å². The number of piperidine rings is 1. The Labute approximate surface area is 189 Å². The van der Waals surface area contributed by atoms with Crippen LogP contribution in [0.2, 0.25) is 0 Å². The number of carbonyl (C=O) groups excluding carboxylic acids is 4. The summed E-state index contributed by atoms with van der Waals surface area (Å²) in [5.41, 5.74) is 2.65. The van der Waals surface area contributed by atoms with Crippen molar-refractivity contribution in [1.29, 1.82) is 0 Å². The molecule has 5 rings (SSSR count). The van der Waals surface area contributed by atoms with Crippen molar-refractivity contribution in [2.45, 2.75) is 31.8 Å². The summed E-state index contributed by atoms with van der Waals surface area (Å²) < 4.78 is 14.0. The van der Waals surface area contributed by atoms with Crippen LogP contribution in [-0.4, -0.2) is 57.5 Å². The van der Waals surface area contributed by atoms with Gasteiger partial charge in [0.2, 0.25) is 11.8 Å². The zero-order chi connectivity index (χ0) is 23.1. The third-order valence-corrected chi connectivity index (χ3v) is 6.27. The van der Waals surface area contributed by atoms with Crippen molar-refractivity contribution in [3.05, 3.63) is 70.8 Å². The van der Waals surface area contributed by atoms with E-state index in [0.29, 0.717) is 31.7 Å². The van der Waals surface area contributed by atoms with Gasteiger partial charge in [-0.3, -0.25) is 39.3 Å². The lowest BCUT2D eigenvalue weighted by molar-refractivity contribution is -0.136. The van der Waals surface area contributed by atoms with Crippen molar-refractivity contribution in [1.82, 2.24) is 20.1 Å². The molecule has 1 aromatic carbocycles. The van der Waals surface area contributed by atoms with Gasteiger partial charge in [-0.2, -0.15) is 0 Å². The maximum atomic E-state index is 14.0. The van der Waals surface area contributed by atoms with Crippen molar-refractivity contribution in [3.8, 4) is 0 Å². The number of fused-ring (bicyclic) bond motifs is 1. The van der Waals surface area contributed by atoms with E-state index in [1.165, 1.54) is 6.07 Å². The van der Waals surface area contributed by atoms with Gasteiger partial charge in [0.15, 0.2) is 0 Å². The first-order valence-corrected chi connectivity index (χ1v) is 10.8. The maximum absolute atomic E-state index is 14.0. The predicted octanol–water partition coefficient (Wildman–Crippen LogP) is 1.91. The fraction of sp³-hybridized carbons (Fsp3) is 0.292. The van der Waals surface area contributed by atoms with Gasteiger partial charge < -0.3 is 0 Å². The first-order chi connectivity index (χ1) is 15.9.